The van der Waals surface area contributed by atoms with E-state index in [4.69, 9.17) is 32.7 Å². The van der Waals surface area contributed by atoms with Crippen LogP contribution in [-0.2, 0) is 14.8 Å². The number of hydrogen-bond donors (Lipinski definition) is 3. The fourth-order valence-corrected chi connectivity index (χ4v) is 9.56. The van der Waals surface area contributed by atoms with Crippen molar-refractivity contribution in [3.63, 3.8) is 0 Å². The molecule has 3 aliphatic rings. The molecule has 8 rings (SSSR count). The van der Waals surface area contributed by atoms with Crippen LogP contribution >= 0.6 is 23.2 Å². The Hall–Kier alpha value is -4.73. The average Bonchev–Trinajstić information content (AvgIpc) is 3.72. The number of aromatic amines is 1. The number of H-pyrrole nitrogens is 1. The van der Waals surface area contributed by atoms with E-state index in [0.29, 0.717) is 30.7 Å². The van der Waals surface area contributed by atoms with Gasteiger partial charge in [-0.3, -0.25) is 14.8 Å². The minimum atomic E-state index is -4.42. The van der Waals surface area contributed by atoms with Gasteiger partial charge in [-0.25, -0.2) is 22.5 Å². The fraction of sp³-hybridized carbons (Fsp3) is 0.386. The first-order chi connectivity index (χ1) is 28.8. The summed E-state index contributed by atoms with van der Waals surface area (Å²) in [6.45, 7) is 9.46. The molecule has 2 atom stereocenters. The minimum absolute atomic E-state index is 0.00850. The van der Waals surface area contributed by atoms with E-state index in [9.17, 15) is 17.6 Å². The van der Waals surface area contributed by atoms with E-state index in [1.165, 1.54) is 22.8 Å². The summed E-state index contributed by atoms with van der Waals surface area (Å²) >= 11 is 12.7. The van der Waals surface area contributed by atoms with Gasteiger partial charge in [-0.2, -0.15) is 5.10 Å². The van der Waals surface area contributed by atoms with Crippen LogP contribution in [0.1, 0.15) is 61.9 Å². The number of ether oxygens (including phenoxy) is 2. The Morgan fingerprint density at radius 1 is 1.03 bits per heavy atom. The topological polar surface area (TPSA) is 142 Å². The van der Waals surface area contributed by atoms with Crippen molar-refractivity contribution >= 4 is 67.1 Å². The molecule has 0 saturated carbocycles. The molecule has 2 saturated heterocycles. The highest BCUT2D eigenvalue weighted by molar-refractivity contribution is 7.90. The van der Waals surface area contributed by atoms with E-state index in [2.05, 4.69) is 61.0 Å². The van der Waals surface area contributed by atoms with Crippen molar-refractivity contribution in [2.45, 2.75) is 57.2 Å². The van der Waals surface area contributed by atoms with Gasteiger partial charge in [-0.15, -0.1) is 0 Å². The van der Waals surface area contributed by atoms with Crippen molar-refractivity contribution in [1.29, 1.82) is 0 Å². The monoisotopic (exact) mass is 875 g/mol. The number of fused-ring (bicyclic) bond motifs is 1. The molecule has 1 aliphatic carbocycles. The summed E-state index contributed by atoms with van der Waals surface area (Å²) in [6.07, 6.45) is 5.58. The number of nitrogens with zero attached hydrogens (tertiary/aromatic N) is 4. The Morgan fingerprint density at radius 3 is 2.60 bits per heavy atom. The lowest BCUT2D eigenvalue weighted by Crippen LogP contribution is -2.47. The first-order valence-electron chi connectivity index (χ1n) is 20.2. The summed E-state index contributed by atoms with van der Waals surface area (Å²) in [4.78, 5) is 22.6. The van der Waals surface area contributed by atoms with Gasteiger partial charge in [0.1, 0.15) is 22.2 Å². The molecule has 1 amide bonds. The number of anilines is 2. The molecule has 2 aromatic heterocycles. The zero-order valence-electron chi connectivity index (χ0n) is 33.5. The summed E-state index contributed by atoms with van der Waals surface area (Å²) in [5, 5.41) is 11.6. The molecular weight excluding hydrogens is 828 g/mol. The molecule has 3 N–H and O–H groups in total. The van der Waals surface area contributed by atoms with Crippen LogP contribution in [0.3, 0.4) is 0 Å². The van der Waals surface area contributed by atoms with Gasteiger partial charge < -0.3 is 19.7 Å². The van der Waals surface area contributed by atoms with Crippen LogP contribution in [0, 0.1) is 11.3 Å². The second-order valence-electron chi connectivity index (χ2n) is 16.6. The molecule has 3 aromatic carbocycles. The standard InChI is InChI=1S/C44H48Cl2FN7O5S/c1-44(2)14-12-30(35(23-44)29-6-8-31(45)9-7-29)27-53-15-17-54(18-16-53)32-10-11-34(40(21-32)59-39-5-3-4-38-36(39)26-50-51-38)43(55)52-60(56,57)33-22-37(46)42(49-25-33)48-24-28-13-19-58-41(47)20-28/h3-11,21-22,25-26,28,41H,12-20,23-24,27H2,1-2H3,(H,48,49)(H,50,51)(H,52,55). The van der Waals surface area contributed by atoms with Crippen LogP contribution in [0.4, 0.5) is 15.9 Å². The maximum absolute atomic E-state index is 13.9. The molecule has 0 radical (unpaired) electrons. The van der Waals surface area contributed by atoms with Crippen LogP contribution in [0.2, 0.25) is 10.0 Å². The maximum Gasteiger partial charge on any atom is 0.268 e. The van der Waals surface area contributed by atoms with Gasteiger partial charge >= 0.3 is 0 Å². The molecule has 60 heavy (non-hydrogen) atoms. The summed E-state index contributed by atoms with van der Waals surface area (Å²) < 4.78 is 54.4. The second-order valence-corrected chi connectivity index (χ2v) is 19.1. The fourth-order valence-electron chi connectivity index (χ4n) is 8.20. The number of pyridine rings is 1. The van der Waals surface area contributed by atoms with Gasteiger partial charge in [0.2, 0.25) is 0 Å². The minimum Gasteiger partial charge on any atom is -0.456 e. The Labute approximate surface area is 359 Å². The molecule has 5 aromatic rings. The quantitative estimate of drug-likeness (QED) is 0.111. The van der Waals surface area contributed by atoms with Crippen LogP contribution < -0.4 is 19.7 Å². The molecule has 2 fully saturated rings. The largest absolute Gasteiger partial charge is 0.456 e. The van der Waals surface area contributed by atoms with Crippen molar-refractivity contribution in [2.24, 2.45) is 11.3 Å². The number of amides is 1. The van der Waals surface area contributed by atoms with Gasteiger partial charge in [-0.1, -0.05) is 60.8 Å². The summed E-state index contributed by atoms with van der Waals surface area (Å²) in [7, 11) is -4.42. The molecule has 0 bridgehead atoms. The third-order valence-electron chi connectivity index (χ3n) is 11.7. The Morgan fingerprint density at radius 2 is 1.83 bits per heavy atom. The first kappa shape index (κ1) is 42.0. The van der Waals surface area contributed by atoms with E-state index < -0.39 is 22.3 Å². The zero-order valence-corrected chi connectivity index (χ0v) is 35.8. The van der Waals surface area contributed by atoms with Crippen molar-refractivity contribution in [1.82, 2.24) is 24.8 Å². The van der Waals surface area contributed by atoms with Crippen molar-refractivity contribution in [2.75, 3.05) is 56.1 Å². The normalized spacial score (nSPS) is 20.0. The summed E-state index contributed by atoms with van der Waals surface area (Å²) in [5.41, 5.74) is 5.97. The van der Waals surface area contributed by atoms with E-state index in [-0.39, 0.29) is 44.8 Å². The number of carbonyl (C=O) groups is 1. The van der Waals surface area contributed by atoms with E-state index in [1.807, 2.05) is 24.3 Å². The maximum atomic E-state index is 13.9. The summed E-state index contributed by atoms with van der Waals surface area (Å²) in [5.74, 6) is -0.00296. The van der Waals surface area contributed by atoms with Crippen LogP contribution in [-0.4, -0.2) is 86.6 Å². The number of sulfonamides is 1. The van der Waals surface area contributed by atoms with Crippen LogP contribution in [0.25, 0.3) is 16.5 Å². The molecular formula is C44H48Cl2FN7O5S. The highest BCUT2D eigenvalue weighted by Gasteiger charge is 2.30. The molecule has 4 heterocycles. The number of rotatable bonds is 12. The third kappa shape index (κ3) is 9.74. The lowest BCUT2D eigenvalue weighted by atomic mass is 9.72. The molecule has 2 unspecified atom stereocenters. The highest BCUT2D eigenvalue weighted by atomic mass is 35.5. The van der Waals surface area contributed by atoms with Crippen LogP contribution in [0.5, 0.6) is 11.5 Å². The number of hydrogen-bond acceptors (Lipinski definition) is 10. The highest BCUT2D eigenvalue weighted by Crippen LogP contribution is 2.43. The van der Waals surface area contributed by atoms with E-state index in [1.54, 1.807) is 30.5 Å². The van der Waals surface area contributed by atoms with Gasteiger partial charge in [0.05, 0.1) is 34.3 Å². The third-order valence-corrected chi connectivity index (χ3v) is 13.5. The van der Waals surface area contributed by atoms with Gasteiger partial charge in [0, 0.05) is 68.7 Å². The predicted octanol–water partition coefficient (Wildman–Crippen LogP) is 9.10. The Kier molecular flexibility index (Phi) is 12.4. The Balaban J connectivity index is 0.989. The van der Waals surface area contributed by atoms with Gasteiger partial charge in [-0.05, 0) is 90.6 Å². The smallest absolute Gasteiger partial charge is 0.268 e. The van der Waals surface area contributed by atoms with Gasteiger partial charge in [0.15, 0.2) is 6.36 Å². The van der Waals surface area contributed by atoms with Gasteiger partial charge in [0.25, 0.3) is 15.9 Å². The van der Waals surface area contributed by atoms with Crippen molar-refractivity contribution in [3.8, 4) is 11.5 Å². The molecule has 16 heteroatoms. The molecule has 12 nitrogen and oxygen atoms in total. The van der Waals surface area contributed by atoms with E-state index >= 15 is 0 Å². The number of halogens is 3. The lowest BCUT2D eigenvalue weighted by molar-refractivity contribution is -0.0843. The molecule has 316 valence electrons. The Bertz CT molecular complexity index is 2510. The predicted molar refractivity (Wildman–Crippen MR) is 233 cm³/mol. The number of nitrogens with one attached hydrogen (secondary N) is 3. The first-order valence-corrected chi connectivity index (χ1v) is 22.4. The van der Waals surface area contributed by atoms with Crippen LogP contribution in [0.15, 0.2) is 89.6 Å². The van der Waals surface area contributed by atoms with E-state index in [0.717, 1.165) is 74.4 Å². The number of carbonyl (C=O) groups excluding carboxylic acids is 1. The number of piperazine rings is 1. The second kappa shape index (κ2) is 17.7. The molecule has 2 aliphatic heterocycles. The van der Waals surface area contributed by atoms with Crippen molar-refractivity contribution < 1.29 is 27.1 Å². The molecule has 0 spiro atoms. The van der Waals surface area contributed by atoms with Crippen molar-refractivity contribution in [3.05, 3.63) is 106 Å². The lowest BCUT2D eigenvalue weighted by Gasteiger charge is -2.39. The average molecular weight is 877 g/mol. The SMILES string of the molecule is CC1(C)CCC(CN2CCN(c3ccc(C(=O)NS(=O)(=O)c4cnc(NCC5CCOC(F)C5)c(Cl)c4)c(Oc4cccc5[nH]ncc45)c3)CC2)=C(c2ccc(Cl)cc2)C1. The summed E-state index contributed by atoms with van der Waals surface area (Å²) in [6, 6.07) is 20.0. The zero-order chi connectivity index (χ0) is 42.0. The number of allylic oxidation sites excluding steroid dienone is 1. The number of benzene rings is 3. The number of alkyl halides is 1. The number of aromatic nitrogens is 3.